The largest absolute Gasteiger partial charge is 0.426 e. The Hall–Kier alpha value is -2.26. The molecule has 0 saturated heterocycles. The van der Waals surface area contributed by atoms with Crippen molar-refractivity contribution >= 4 is 52.7 Å². The highest BCUT2D eigenvalue weighted by atomic mass is 35.5. The van der Waals surface area contributed by atoms with E-state index in [-0.39, 0.29) is 11.7 Å². The summed E-state index contributed by atoms with van der Waals surface area (Å²) in [5.41, 5.74) is 3.81. The van der Waals surface area contributed by atoms with Crippen LogP contribution >= 0.6 is 18.5 Å². The van der Waals surface area contributed by atoms with Gasteiger partial charge in [0.1, 0.15) is 0 Å². The lowest BCUT2D eigenvalue weighted by molar-refractivity contribution is -0.116. The molecule has 0 spiro atoms. The summed E-state index contributed by atoms with van der Waals surface area (Å²) in [6.45, 7) is -1.27. The van der Waals surface area contributed by atoms with E-state index in [0.29, 0.717) is 5.02 Å². The second kappa shape index (κ2) is 7.40. The predicted molar refractivity (Wildman–Crippen MR) is 115 cm³/mol. The van der Waals surface area contributed by atoms with Gasteiger partial charge in [0.25, 0.3) is 0 Å². The van der Waals surface area contributed by atoms with Gasteiger partial charge in [-0.25, -0.2) is 0 Å². The number of fused-ring (bicyclic) bond motifs is 2. The van der Waals surface area contributed by atoms with Crippen molar-refractivity contribution in [2.24, 2.45) is 5.92 Å². The van der Waals surface area contributed by atoms with Gasteiger partial charge in [-0.1, -0.05) is 35.9 Å². The molecule has 134 valence electrons. The first-order valence-electron chi connectivity index (χ1n) is 8.41. The van der Waals surface area contributed by atoms with Crippen molar-refractivity contribution in [2.45, 2.75) is 0 Å². The number of rotatable bonds is 3. The topological polar surface area (TPSA) is 29.5 Å². The standard InChI is InChI=1S/C21H16ClNO2PS/c1-23-18-6-3-2-5-16(18)17(21-19(23)7-4-8-20(21)24)13-25-26(27)15-11-9-14(22)10-12-15/h2-13,21H,1H3/q+1. The van der Waals surface area contributed by atoms with Gasteiger partial charge in [0.05, 0.1) is 5.92 Å². The lowest BCUT2D eigenvalue weighted by atomic mass is 9.80. The Bertz CT molecular complexity index is 1030. The zero-order chi connectivity index (χ0) is 19.0. The molecular formula is C21H16ClNO2PS+. The first-order valence-corrected chi connectivity index (χ1v) is 11.1. The molecule has 4 rings (SSSR count). The van der Waals surface area contributed by atoms with Crippen molar-refractivity contribution in [3.8, 4) is 0 Å². The van der Waals surface area contributed by atoms with Crippen molar-refractivity contribution in [3.63, 3.8) is 0 Å². The van der Waals surface area contributed by atoms with Crippen LogP contribution in [0.15, 0.2) is 78.7 Å². The molecule has 27 heavy (non-hydrogen) atoms. The zero-order valence-electron chi connectivity index (χ0n) is 14.5. The van der Waals surface area contributed by atoms with E-state index in [4.69, 9.17) is 27.9 Å². The molecule has 6 heteroatoms. The lowest BCUT2D eigenvalue weighted by Gasteiger charge is -2.37. The molecule has 2 aromatic rings. The van der Waals surface area contributed by atoms with Gasteiger partial charge in [0.2, 0.25) is 17.1 Å². The lowest BCUT2D eigenvalue weighted by Crippen LogP contribution is -2.34. The Labute approximate surface area is 169 Å². The van der Waals surface area contributed by atoms with Gasteiger partial charge >= 0.3 is 6.92 Å². The summed E-state index contributed by atoms with van der Waals surface area (Å²) >= 11 is 11.5. The fraction of sp³-hybridized carbons (Fsp3) is 0.0952. The molecular weight excluding hydrogens is 397 g/mol. The highest BCUT2D eigenvalue weighted by Gasteiger charge is 2.37. The Balaban J connectivity index is 1.74. The summed E-state index contributed by atoms with van der Waals surface area (Å²) in [4.78, 5) is 14.7. The summed E-state index contributed by atoms with van der Waals surface area (Å²) in [5, 5.41) is 1.57. The molecule has 0 fully saturated rings. The van der Waals surface area contributed by atoms with E-state index in [0.717, 1.165) is 27.8 Å². The van der Waals surface area contributed by atoms with Crippen LogP contribution < -0.4 is 10.2 Å². The Morgan fingerprint density at radius 1 is 1.19 bits per heavy atom. The first kappa shape index (κ1) is 18.1. The minimum atomic E-state index is -1.27. The molecule has 2 unspecified atom stereocenters. The number of allylic oxidation sites excluding steroid dienone is 4. The normalized spacial score (nSPS) is 20.1. The number of ketones is 1. The Morgan fingerprint density at radius 3 is 2.70 bits per heavy atom. The molecule has 0 N–H and O–H groups in total. The van der Waals surface area contributed by atoms with Gasteiger partial charge in [-0.3, -0.25) is 9.32 Å². The summed E-state index contributed by atoms with van der Waals surface area (Å²) < 4.78 is 5.95. The molecule has 0 aromatic heterocycles. The van der Waals surface area contributed by atoms with Crippen LogP contribution in [0, 0.1) is 5.92 Å². The fourth-order valence-electron chi connectivity index (χ4n) is 3.36. The number of halogens is 1. The molecule has 1 aliphatic carbocycles. The number of benzene rings is 2. The van der Waals surface area contributed by atoms with Gasteiger partial charge < -0.3 is 4.90 Å². The molecule has 2 atom stereocenters. The smallest absolute Gasteiger partial charge is 0.347 e. The number of para-hydroxylation sites is 1. The summed E-state index contributed by atoms with van der Waals surface area (Å²) in [6.07, 6.45) is 7.06. The maximum absolute atomic E-state index is 12.7. The van der Waals surface area contributed by atoms with Gasteiger partial charge in [-0.05, 0) is 42.5 Å². The number of carbonyl (C=O) groups is 1. The number of hydrogen-bond acceptors (Lipinski definition) is 4. The first-order chi connectivity index (χ1) is 13.1. The third-order valence-corrected chi connectivity index (χ3v) is 6.85. The zero-order valence-corrected chi connectivity index (χ0v) is 17.0. The van der Waals surface area contributed by atoms with Crippen LogP contribution in [0.5, 0.6) is 0 Å². The van der Waals surface area contributed by atoms with Gasteiger partial charge in [-0.2, -0.15) is 0 Å². The maximum atomic E-state index is 12.7. The van der Waals surface area contributed by atoms with Crippen LogP contribution in [-0.4, -0.2) is 12.8 Å². The minimum Gasteiger partial charge on any atom is -0.347 e. The van der Waals surface area contributed by atoms with Crippen LogP contribution in [0.4, 0.5) is 5.69 Å². The van der Waals surface area contributed by atoms with Gasteiger partial charge in [0.15, 0.2) is 12.0 Å². The van der Waals surface area contributed by atoms with E-state index in [1.165, 1.54) is 0 Å². The van der Waals surface area contributed by atoms with E-state index in [1.54, 1.807) is 30.5 Å². The van der Waals surface area contributed by atoms with Crippen LogP contribution in [-0.2, 0) is 21.1 Å². The third-order valence-electron chi connectivity index (χ3n) is 4.70. The monoisotopic (exact) mass is 412 g/mol. The molecule has 0 amide bonds. The molecule has 0 bridgehead atoms. The third kappa shape index (κ3) is 3.37. The minimum absolute atomic E-state index is 0.0453. The second-order valence-electron chi connectivity index (χ2n) is 6.27. The molecule has 2 aromatic carbocycles. The van der Waals surface area contributed by atoms with Crippen LogP contribution in [0.1, 0.15) is 5.56 Å². The van der Waals surface area contributed by atoms with Crippen LogP contribution in [0.2, 0.25) is 5.02 Å². The van der Waals surface area contributed by atoms with Gasteiger partial charge in [0, 0.05) is 34.6 Å². The van der Waals surface area contributed by atoms with E-state index in [9.17, 15) is 4.79 Å². The number of carbonyl (C=O) groups excluding carboxylic acids is 1. The van der Waals surface area contributed by atoms with Crippen LogP contribution in [0.25, 0.3) is 5.57 Å². The van der Waals surface area contributed by atoms with E-state index in [1.807, 2.05) is 49.5 Å². The summed E-state index contributed by atoms with van der Waals surface area (Å²) in [7, 11) is 1.98. The maximum Gasteiger partial charge on any atom is 0.426 e. The fourth-order valence-corrected chi connectivity index (χ4v) is 4.71. The number of nitrogens with zero attached hydrogens (tertiary/aromatic N) is 1. The molecule has 0 radical (unpaired) electrons. The van der Waals surface area contributed by atoms with Gasteiger partial charge in [-0.15, -0.1) is 0 Å². The molecule has 0 saturated carbocycles. The van der Waals surface area contributed by atoms with Crippen LogP contribution in [0.3, 0.4) is 0 Å². The van der Waals surface area contributed by atoms with Crippen molar-refractivity contribution in [2.75, 3.05) is 11.9 Å². The van der Waals surface area contributed by atoms with E-state index < -0.39 is 6.92 Å². The average molecular weight is 413 g/mol. The van der Waals surface area contributed by atoms with E-state index >= 15 is 0 Å². The van der Waals surface area contributed by atoms with Crippen molar-refractivity contribution in [1.29, 1.82) is 0 Å². The van der Waals surface area contributed by atoms with Crippen molar-refractivity contribution < 1.29 is 9.32 Å². The quantitative estimate of drug-likeness (QED) is 0.526. The average Bonchev–Trinajstić information content (AvgIpc) is 2.69. The predicted octanol–water partition coefficient (Wildman–Crippen LogP) is 4.97. The second-order valence-corrected chi connectivity index (χ2v) is 8.95. The highest BCUT2D eigenvalue weighted by Crippen LogP contribution is 2.45. The summed E-state index contributed by atoms with van der Waals surface area (Å²) in [5.74, 6) is -0.331. The molecule has 1 heterocycles. The van der Waals surface area contributed by atoms with Crippen molar-refractivity contribution in [1.82, 2.24) is 0 Å². The Kier molecular flexibility index (Phi) is 4.96. The Morgan fingerprint density at radius 2 is 1.93 bits per heavy atom. The summed E-state index contributed by atoms with van der Waals surface area (Å²) in [6, 6.07) is 15.4. The number of hydrogen-bond donors (Lipinski definition) is 0. The molecule has 2 aliphatic rings. The molecule has 1 aliphatic heterocycles. The molecule has 3 nitrogen and oxygen atoms in total. The van der Waals surface area contributed by atoms with E-state index in [2.05, 4.69) is 4.90 Å². The van der Waals surface area contributed by atoms with Crippen molar-refractivity contribution in [3.05, 3.63) is 89.3 Å². The highest BCUT2D eigenvalue weighted by molar-refractivity contribution is 8.06. The number of anilines is 1. The SMILES string of the molecule is CN1C2=CC=CC(=O)C2C(=CO[P+](=S)c2ccc(Cl)cc2)c2ccccc21.